The van der Waals surface area contributed by atoms with Crippen molar-refractivity contribution >= 4 is 35.2 Å². The van der Waals surface area contributed by atoms with Crippen molar-refractivity contribution in [3.63, 3.8) is 0 Å². The first-order valence-corrected chi connectivity index (χ1v) is 12.0. The van der Waals surface area contributed by atoms with Crippen molar-refractivity contribution in [3.05, 3.63) is 30.3 Å². The molecule has 0 saturated carbocycles. The maximum Gasteiger partial charge on any atom is 0.244 e. The number of rotatable bonds is 8. The van der Waals surface area contributed by atoms with Crippen LogP contribution in [0, 0.1) is 11.8 Å². The number of aliphatic hydroxyl groups excluding tert-OH is 1. The number of thioether (sulfide) groups is 1. The highest BCUT2D eigenvalue weighted by Crippen LogP contribution is 2.66. The lowest BCUT2D eigenvalue weighted by Crippen LogP contribution is -2.54. The lowest BCUT2D eigenvalue weighted by Gasteiger charge is -2.34. The van der Waals surface area contributed by atoms with Crippen LogP contribution in [0.25, 0.3) is 0 Å². The molecule has 0 radical (unpaired) electrons. The lowest BCUT2D eigenvalue weighted by molar-refractivity contribution is -0.139. The first-order valence-electron chi connectivity index (χ1n) is 11.1. The zero-order chi connectivity index (χ0) is 22.2. The Hall–Kier alpha value is -2.06. The first kappa shape index (κ1) is 22.1. The minimum Gasteiger partial charge on any atom is -0.396 e. The van der Waals surface area contributed by atoms with Gasteiger partial charge in [-0.1, -0.05) is 18.2 Å². The molecule has 3 aliphatic heterocycles. The van der Waals surface area contributed by atoms with Crippen LogP contribution in [0.15, 0.2) is 30.3 Å². The molecule has 0 aliphatic carbocycles. The number of para-hydroxylation sites is 1. The second-order valence-electron chi connectivity index (χ2n) is 9.04. The standard InChI is InChI=1S/C23H31N3O4S/c1-14(2)24-21(29)19-23-11-10-16(31-23)17(20(28)25-15-8-4-3-5-9-15)18(23)22(30)26(19)12-6-7-13-27/h3-5,8-9,14,16-19,27H,6-7,10-13H2,1-2H3,(H,24,29)(H,25,28)/t16-,17+,18-,19?,23?/m0/s1. The fourth-order valence-electron chi connectivity index (χ4n) is 5.50. The molecular weight excluding hydrogens is 414 g/mol. The summed E-state index contributed by atoms with van der Waals surface area (Å²) in [4.78, 5) is 41.9. The number of fused-ring (bicyclic) bond motifs is 1. The van der Waals surface area contributed by atoms with Crippen molar-refractivity contribution in [2.75, 3.05) is 18.5 Å². The number of aliphatic hydroxyl groups is 1. The van der Waals surface area contributed by atoms with Gasteiger partial charge in [0.25, 0.3) is 0 Å². The zero-order valence-corrected chi connectivity index (χ0v) is 18.9. The summed E-state index contributed by atoms with van der Waals surface area (Å²) in [6, 6.07) is 8.69. The van der Waals surface area contributed by atoms with Gasteiger partial charge in [-0.05, 0) is 51.7 Å². The molecule has 8 heteroatoms. The molecule has 4 rings (SSSR count). The molecule has 2 bridgehead atoms. The number of nitrogens with zero attached hydrogens (tertiary/aromatic N) is 1. The molecule has 1 spiro atoms. The van der Waals surface area contributed by atoms with Gasteiger partial charge < -0.3 is 20.6 Å². The summed E-state index contributed by atoms with van der Waals surface area (Å²) < 4.78 is -0.557. The Morgan fingerprint density at radius 3 is 2.65 bits per heavy atom. The molecule has 0 aromatic heterocycles. The Morgan fingerprint density at radius 2 is 1.97 bits per heavy atom. The van der Waals surface area contributed by atoms with Crippen LogP contribution in [-0.2, 0) is 14.4 Å². The predicted octanol–water partition coefficient (Wildman–Crippen LogP) is 2.01. The van der Waals surface area contributed by atoms with E-state index < -0.39 is 22.6 Å². The Labute approximate surface area is 187 Å². The summed E-state index contributed by atoms with van der Waals surface area (Å²) in [6.45, 7) is 4.30. The third kappa shape index (κ3) is 3.84. The molecule has 5 atom stereocenters. The molecule has 1 aromatic carbocycles. The Bertz CT molecular complexity index is 848. The fourth-order valence-corrected chi connectivity index (χ4v) is 7.72. The molecule has 7 nitrogen and oxygen atoms in total. The maximum atomic E-state index is 13.6. The summed E-state index contributed by atoms with van der Waals surface area (Å²) in [5, 5.41) is 15.2. The van der Waals surface area contributed by atoms with Gasteiger partial charge in [0, 0.05) is 30.1 Å². The van der Waals surface area contributed by atoms with Gasteiger partial charge in [-0.2, -0.15) is 0 Å². The van der Waals surface area contributed by atoms with Crippen LogP contribution >= 0.6 is 11.8 Å². The number of benzene rings is 1. The van der Waals surface area contributed by atoms with Crippen LogP contribution < -0.4 is 10.6 Å². The average Bonchev–Trinajstić information content (AvgIpc) is 3.36. The molecule has 3 amide bonds. The van der Waals surface area contributed by atoms with Gasteiger partial charge >= 0.3 is 0 Å². The van der Waals surface area contributed by atoms with Crippen molar-refractivity contribution in [1.82, 2.24) is 10.2 Å². The number of hydrogen-bond acceptors (Lipinski definition) is 5. The smallest absolute Gasteiger partial charge is 0.244 e. The molecule has 3 N–H and O–H groups in total. The van der Waals surface area contributed by atoms with Crippen molar-refractivity contribution in [3.8, 4) is 0 Å². The van der Waals surface area contributed by atoms with E-state index in [0.717, 1.165) is 12.8 Å². The molecule has 2 unspecified atom stereocenters. The second kappa shape index (κ2) is 8.82. The predicted molar refractivity (Wildman–Crippen MR) is 120 cm³/mol. The van der Waals surface area contributed by atoms with Crippen molar-refractivity contribution in [2.24, 2.45) is 11.8 Å². The highest BCUT2D eigenvalue weighted by molar-refractivity contribution is 8.02. The average molecular weight is 446 g/mol. The SMILES string of the molecule is CC(C)NC(=O)C1N(CCCCO)C(=O)[C@@H]2[C@H](C(=O)Nc3ccccc3)[C@@H]3CCC12S3. The monoisotopic (exact) mass is 445 g/mol. The van der Waals surface area contributed by atoms with E-state index in [2.05, 4.69) is 10.6 Å². The van der Waals surface area contributed by atoms with E-state index in [4.69, 9.17) is 0 Å². The van der Waals surface area contributed by atoms with Crippen molar-refractivity contribution < 1.29 is 19.5 Å². The van der Waals surface area contributed by atoms with Gasteiger partial charge in [-0.3, -0.25) is 14.4 Å². The highest BCUT2D eigenvalue weighted by atomic mass is 32.2. The molecule has 168 valence electrons. The van der Waals surface area contributed by atoms with Crippen LogP contribution in [0.4, 0.5) is 5.69 Å². The summed E-state index contributed by atoms with van der Waals surface area (Å²) in [5.41, 5.74) is 0.716. The number of nitrogens with one attached hydrogen (secondary N) is 2. The van der Waals surface area contributed by atoms with E-state index in [0.29, 0.717) is 25.1 Å². The third-order valence-electron chi connectivity index (χ3n) is 6.63. The van der Waals surface area contributed by atoms with Gasteiger partial charge in [-0.15, -0.1) is 11.8 Å². The highest BCUT2D eigenvalue weighted by Gasteiger charge is 2.73. The number of likely N-dealkylation sites (tertiary alicyclic amines) is 1. The minimum absolute atomic E-state index is 0.0295. The van der Waals surface area contributed by atoms with E-state index in [1.54, 1.807) is 16.7 Å². The summed E-state index contributed by atoms with van der Waals surface area (Å²) in [5.74, 6) is -1.29. The van der Waals surface area contributed by atoms with Crippen LogP contribution in [-0.4, -0.2) is 63.0 Å². The first-order chi connectivity index (χ1) is 14.9. The topological polar surface area (TPSA) is 98.7 Å². The maximum absolute atomic E-state index is 13.6. The summed E-state index contributed by atoms with van der Waals surface area (Å²) in [6.07, 6.45) is 2.80. The second-order valence-corrected chi connectivity index (χ2v) is 10.6. The van der Waals surface area contributed by atoms with Gasteiger partial charge in [0.1, 0.15) is 6.04 Å². The number of amides is 3. The molecule has 3 saturated heterocycles. The molecule has 3 heterocycles. The van der Waals surface area contributed by atoms with E-state index in [1.165, 1.54) is 0 Å². The van der Waals surface area contributed by atoms with Crippen molar-refractivity contribution in [2.45, 2.75) is 61.6 Å². The normalized spacial score (nSPS) is 31.2. The lowest BCUT2D eigenvalue weighted by atomic mass is 9.70. The van der Waals surface area contributed by atoms with Gasteiger partial charge in [0.15, 0.2) is 0 Å². The third-order valence-corrected chi connectivity index (χ3v) is 8.58. The summed E-state index contributed by atoms with van der Waals surface area (Å²) in [7, 11) is 0. The van der Waals surface area contributed by atoms with Gasteiger partial charge in [0.2, 0.25) is 17.7 Å². The number of unbranched alkanes of at least 4 members (excludes halogenated alkanes) is 1. The van der Waals surface area contributed by atoms with Crippen LogP contribution in [0.2, 0.25) is 0 Å². The Kier molecular flexibility index (Phi) is 6.30. The minimum atomic E-state index is -0.574. The van der Waals surface area contributed by atoms with Crippen molar-refractivity contribution in [1.29, 1.82) is 0 Å². The molecular formula is C23H31N3O4S. The van der Waals surface area contributed by atoms with Crippen LogP contribution in [0.5, 0.6) is 0 Å². The van der Waals surface area contributed by atoms with Gasteiger partial charge in [-0.25, -0.2) is 0 Å². The number of anilines is 1. The number of carbonyl (C=O) groups is 3. The van der Waals surface area contributed by atoms with E-state index in [-0.39, 0.29) is 35.6 Å². The largest absolute Gasteiger partial charge is 0.396 e. The quantitative estimate of drug-likeness (QED) is 0.532. The van der Waals surface area contributed by atoms with Gasteiger partial charge in [0.05, 0.1) is 16.6 Å². The molecule has 3 aliphatic rings. The Morgan fingerprint density at radius 1 is 1.23 bits per heavy atom. The zero-order valence-electron chi connectivity index (χ0n) is 18.0. The Balaban J connectivity index is 1.63. The number of hydrogen-bond donors (Lipinski definition) is 3. The van der Waals surface area contributed by atoms with E-state index >= 15 is 0 Å². The molecule has 1 aromatic rings. The van der Waals surface area contributed by atoms with Crippen LogP contribution in [0.3, 0.4) is 0 Å². The van der Waals surface area contributed by atoms with Crippen LogP contribution in [0.1, 0.15) is 39.5 Å². The summed E-state index contributed by atoms with van der Waals surface area (Å²) >= 11 is 1.67. The van der Waals surface area contributed by atoms with E-state index in [9.17, 15) is 19.5 Å². The number of carbonyl (C=O) groups excluding carboxylic acids is 3. The fraction of sp³-hybridized carbons (Fsp3) is 0.609. The van der Waals surface area contributed by atoms with E-state index in [1.807, 2.05) is 44.2 Å². The molecule has 3 fully saturated rings. The molecule has 31 heavy (non-hydrogen) atoms.